The van der Waals surface area contributed by atoms with Crippen molar-refractivity contribution >= 4 is 0 Å². The first-order valence-electron chi connectivity index (χ1n) is 12.2. The van der Waals surface area contributed by atoms with E-state index in [1.54, 1.807) is 0 Å². The summed E-state index contributed by atoms with van der Waals surface area (Å²) in [5, 5.41) is 12.1. The number of hydrogen-bond acceptors (Lipinski definition) is 5. The summed E-state index contributed by atoms with van der Waals surface area (Å²) < 4.78 is 39.9. The Morgan fingerprint density at radius 2 is 1.77 bits per heavy atom. The molecule has 2 aliphatic heterocycles. The maximum Gasteiger partial charge on any atom is 0.236 e. The van der Waals surface area contributed by atoms with E-state index in [0.29, 0.717) is 45.7 Å². The zero-order valence-corrected chi connectivity index (χ0v) is 19.1. The van der Waals surface area contributed by atoms with Crippen LogP contribution in [0.1, 0.15) is 52.9 Å². The van der Waals surface area contributed by atoms with Crippen LogP contribution in [-0.4, -0.2) is 61.3 Å². The fraction of sp³-hybridized carbons (Fsp3) is 0.920. The van der Waals surface area contributed by atoms with E-state index in [0.717, 1.165) is 18.4 Å². The van der Waals surface area contributed by atoms with Gasteiger partial charge in [-0.15, -0.1) is 0 Å². The Labute approximate surface area is 184 Å². The van der Waals surface area contributed by atoms with Gasteiger partial charge in [0, 0.05) is 23.7 Å². The average Bonchev–Trinajstić information content (AvgIpc) is 2.97. The van der Waals surface area contributed by atoms with Gasteiger partial charge in [-0.2, -0.15) is 0 Å². The second kappa shape index (κ2) is 6.53. The molecule has 2 saturated heterocycles. The van der Waals surface area contributed by atoms with Gasteiger partial charge < -0.3 is 24.1 Å². The molecule has 0 spiro atoms. The third kappa shape index (κ3) is 2.49. The van der Waals surface area contributed by atoms with Gasteiger partial charge >= 0.3 is 0 Å². The molecule has 11 atom stereocenters. The van der Waals surface area contributed by atoms with Crippen molar-refractivity contribution in [2.24, 2.45) is 34.5 Å². The summed E-state index contributed by atoms with van der Waals surface area (Å²) in [6.45, 7) is 13.2. The minimum atomic E-state index is -1.70. The van der Waals surface area contributed by atoms with Crippen LogP contribution in [0.25, 0.3) is 0 Å². The molecule has 0 amide bonds. The van der Waals surface area contributed by atoms with Gasteiger partial charge in [0.05, 0.1) is 44.2 Å². The lowest BCUT2D eigenvalue weighted by Gasteiger charge is -2.68. The van der Waals surface area contributed by atoms with E-state index >= 15 is 4.39 Å². The Balaban J connectivity index is 1.40. The molecule has 5 unspecified atom stereocenters. The molecule has 6 fully saturated rings. The lowest BCUT2D eigenvalue weighted by molar-refractivity contribution is -0.289. The number of halogens is 1. The van der Waals surface area contributed by atoms with Crippen molar-refractivity contribution in [1.82, 2.24) is 0 Å². The highest BCUT2D eigenvalue weighted by Gasteiger charge is 2.73. The second-order valence-electron chi connectivity index (χ2n) is 11.8. The number of ether oxygens (including phenoxy) is 4. The molecule has 6 heteroatoms. The molecule has 0 radical (unpaired) electrons. The summed E-state index contributed by atoms with van der Waals surface area (Å²) in [5.41, 5.74) is -0.395. The van der Waals surface area contributed by atoms with E-state index in [9.17, 15) is 5.11 Å². The van der Waals surface area contributed by atoms with Crippen LogP contribution < -0.4 is 0 Å². The summed E-state index contributed by atoms with van der Waals surface area (Å²) in [6.07, 6.45) is 2.76. The molecule has 2 heterocycles. The Kier molecular flexibility index (Phi) is 4.43. The smallest absolute Gasteiger partial charge is 0.236 e. The number of rotatable bonds is 0. The largest absolute Gasteiger partial charge is 0.389 e. The summed E-state index contributed by atoms with van der Waals surface area (Å²) in [5.74, 6) is -1.04. The molecule has 6 aliphatic rings. The predicted molar refractivity (Wildman–Crippen MR) is 112 cm³/mol. The van der Waals surface area contributed by atoms with Crippen molar-refractivity contribution in [3.63, 3.8) is 0 Å². The first-order chi connectivity index (χ1) is 14.6. The van der Waals surface area contributed by atoms with Crippen molar-refractivity contribution in [3.8, 4) is 0 Å². The van der Waals surface area contributed by atoms with Crippen LogP contribution in [0, 0.1) is 34.5 Å². The van der Waals surface area contributed by atoms with E-state index in [2.05, 4.69) is 27.4 Å². The third-order valence-electron chi connectivity index (χ3n) is 10.7. The van der Waals surface area contributed by atoms with E-state index in [-0.39, 0.29) is 46.7 Å². The van der Waals surface area contributed by atoms with E-state index in [1.807, 2.05) is 0 Å². The van der Waals surface area contributed by atoms with Crippen molar-refractivity contribution in [3.05, 3.63) is 12.2 Å². The normalized spacial score (nSPS) is 60.9. The first-order valence-corrected chi connectivity index (χ1v) is 12.2. The number of hydrogen-bond donors (Lipinski definition) is 1. The molecule has 174 valence electrons. The van der Waals surface area contributed by atoms with E-state index < -0.39 is 17.6 Å². The fourth-order valence-corrected chi connectivity index (χ4v) is 9.16. The molecule has 0 aromatic carbocycles. The zero-order valence-electron chi connectivity index (χ0n) is 19.1. The standard InChI is InChI=1S/C25H37FO5/c1-14-11-24(27)13-18-20(29-8-7-28-18)15(2)23(24,4)16-5-6-22(3)17(19(14)16)12-25(26)21(22)30-9-10-31-25/h15-21,27H,1,5-13H2,2-4H3/t15-,16+,17+,18?,19-,20?,21?,22+,23-,24?,25?/m1/s1. The minimum Gasteiger partial charge on any atom is -0.389 e. The monoisotopic (exact) mass is 436 g/mol. The van der Waals surface area contributed by atoms with Crippen LogP contribution in [0.4, 0.5) is 4.39 Å². The molecule has 4 aliphatic carbocycles. The van der Waals surface area contributed by atoms with Gasteiger partial charge in [-0.25, -0.2) is 4.39 Å². The van der Waals surface area contributed by atoms with Crippen molar-refractivity contribution in [2.75, 3.05) is 26.4 Å². The number of fused-ring (bicyclic) bond motifs is 8. The van der Waals surface area contributed by atoms with Gasteiger partial charge in [-0.1, -0.05) is 32.9 Å². The van der Waals surface area contributed by atoms with Gasteiger partial charge in [0.1, 0.15) is 6.10 Å². The Morgan fingerprint density at radius 1 is 1.03 bits per heavy atom. The molecule has 1 N–H and O–H groups in total. The summed E-state index contributed by atoms with van der Waals surface area (Å²) >= 11 is 0. The minimum absolute atomic E-state index is 0.00435. The van der Waals surface area contributed by atoms with E-state index in [1.165, 1.54) is 0 Å². The predicted octanol–water partition coefficient (Wildman–Crippen LogP) is 3.64. The highest BCUT2D eigenvalue weighted by molar-refractivity contribution is 5.29. The van der Waals surface area contributed by atoms with Crippen LogP contribution >= 0.6 is 0 Å². The third-order valence-corrected chi connectivity index (χ3v) is 10.7. The van der Waals surface area contributed by atoms with E-state index in [4.69, 9.17) is 18.9 Å². The lowest BCUT2D eigenvalue weighted by atomic mass is 9.40. The fourth-order valence-electron chi connectivity index (χ4n) is 9.16. The highest BCUT2D eigenvalue weighted by Crippen LogP contribution is 2.71. The summed E-state index contributed by atoms with van der Waals surface area (Å²) in [4.78, 5) is 0. The molecule has 4 saturated carbocycles. The number of aliphatic hydroxyl groups is 1. The van der Waals surface area contributed by atoms with Crippen LogP contribution in [0.15, 0.2) is 12.2 Å². The highest BCUT2D eigenvalue weighted by atomic mass is 19.2. The van der Waals surface area contributed by atoms with Gasteiger partial charge in [0.15, 0.2) is 0 Å². The van der Waals surface area contributed by atoms with Gasteiger partial charge in [0.25, 0.3) is 0 Å². The molecule has 6 rings (SSSR count). The van der Waals surface area contributed by atoms with Crippen LogP contribution in [0.5, 0.6) is 0 Å². The summed E-state index contributed by atoms with van der Waals surface area (Å²) in [7, 11) is 0. The maximum atomic E-state index is 15.9. The SMILES string of the molecule is C=C1CC2(O)CC3OCCOC3[C@@H](C)[C@]2(C)[C@H]2CC[C@]3(C)C4OCCOC4(F)C[C@H]3[C@H]12. The molecular formula is C25H37FO5. The molecule has 0 aromatic rings. The van der Waals surface area contributed by atoms with Gasteiger partial charge in [0.2, 0.25) is 5.85 Å². The molecular weight excluding hydrogens is 399 g/mol. The van der Waals surface area contributed by atoms with Crippen molar-refractivity contribution in [1.29, 1.82) is 0 Å². The number of alkyl halides is 1. The van der Waals surface area contributed by atoms with Crippen molar-refractivity contribution in [2.45, 2.75) is 82.6 Å². The molecule has 0 bridgehead atoms. The zero-order chi connectivity index (χ0) is 21.8. The Morgan fingerprint density at radius 3 is 2.58 bits per heavy atom. The first kappa shape index (κ1) is 21.0. The molecule has 31 heavy (non-hydrogen) atoms. The van der Waals surface area contributed by atoms with Crippen LogP contribution in [0.3, 0.4) is 0 Å². The van der Waals surface area contributed by atoms with Crippen LogP contribution in [0.2, 0.25) is 0 Å². The van der Waals surface area contributed by atoms with Crippen LogP contribution in [-0.2, 0) is 18.9 Å². The maximum absolute atomic E-state index is 15.9. The quantitative estimate of drug-likeness (QED) is 0.588. The molecule has 5 nitrogen and oxygen atoms in total. The van der Waals surface area contributed by atoms with Gasteiger partial charge in [-0.05, 0) is 42.9 Å². The Hall–Kier alpha value is -0.530. The topological polar surface area (TPSA) is 57.2 Å². The van der Waals surface area contributed by atoms with Gasteiger partial charge in [-0.3, -0.25) is 0 Å². The second-order valence-corrected chi connectivity index (χ2v) is 11.8. The molecule has 0 aromatic heterocycles. The Bertz CT molecular complexity index is 790. The lowest BCUT2D eigenvalue weighted by Crippen LogP contribution is -2.70. The summed E-state index contributed by atoms with van der Waals surface area (Å²) in [6, 6.07) is 0. The average molecular weight is 437 g/mol. The van der Waals surface area contributed by atoms with Crippen molar-refractivity contribution < 1.29 is 28.4 Å².